The van der Waals surface area contributed by atoms with Gasteiger partial charge in [-0.2, -0.15) is 0 Å². The molecule has 0 amide bonds. The van der Waals surface area contributed by atoms with Crippen LogP contribution in [0.5, 0.6) is 5.75 Å². The van der Waals surface area contributed by atoms with Gasteiger partial charge in [0.15, 0.2) is 0 Å². The Balaban J connectivity index is 0.00000154. The molecule has 0 N–H and O–H groups in total. The van der Waals surface area contributed by atoms with Crippen molar-refractivity contribution in [2.45, 2.75) is 26.4 Å². The highest BCUT2D eigenvalue weighted by atomic mass is 16.5. The van der Waals surface area contributed by atoms with E-state index in [0.717, 1.165) is 23.5 Å². The van der Waals surface area contributed by atoms with Crippen LogP contribution in [0.4, 0.5) is 0 Å². The summed E-state index contributed by atoms with van der Waals surface area (Å²) in [5, 5.41) is 0. The van der Waals surface area contributed by atoms with E-state index in [1.807, 2.05) is 31.2 Å². The van der Waals surface area contributed by atoms with Gasteiger partial charge in [-0.25, -0.2) is 0 Å². The molecule has 0 aromatic heterocycles. The molecule has 0 spiro atoms. The molecule has 2 heteroatoms. The van der Waals surface area contributed by atoms with Crippen LogP contribution < -0.4 is 4.74 Å². The Labute approximate surface area is 116 Å². The first-order chi connectivity index (χ1) is 9.21. The summed E-state index contributed by atoms with van der Waals surface area (Å²) in [6.07, 6.45) is 12.8. The molecule has 19 heavy (non-hydrogen) atoms. The standard InChI is InChI=1S/C15H20O2.C2H2/c1-5-7-15(16-4)13-8-10-14(11-9-13)17-12(3)6-2;1-2/h6-12H,2,5H2,1,3-4H3;1-2H. The minimum absolute atomic E-state index is 0.0222. The van der Waals surface area contributed by atoms with Crippen LogP contribution in [0.1, 0.15) is 25.8 Å². The van der Waals surface area contributed by atoms with E-state index < -0.39 is 0 Å². The van der Waals surface area contributed by atoms with Gasteiger partial charge in [0.05, 0.1) is 7.11 Å². The van der Waals surface area contributed by atoms with Crippen LogP contribution in [0.2, 0.25) is 0 Å². The second kappa shape index (κ2) is 9.85. The Morgan fingerprint density at radius 1 is 1.32 bits per heavy atom. The Hall–Kier alpha value is -2.14. The number of terminal acetylenes is 1. The zero-order chi connectivity index (χ0) is 14.7. The fourth-order valence-corrected chi connectivity index (χ4v) is 1.46. The van der Waals surface area contributed by atoms with Gasteiger partial charge in [-0.1, -0.05) is 19.6 Å². The van der Waals surface area contributed by atoms with E-state index in [9.17, 15) is 0 Å². The number of benzene rings is 1. The van der Waals surface area contributed by atoms with E-state index >= 15 is 0 Å². The second-order valence-corrected chi connectivity index (χ2v) is 3.76. The fraction of sp³-hybridized carbons (Fsp3) is 0.294. The van der Waals surface area contributed by atoms with Crippen molar-refractivity contribution in [2.75, 3.05) is 7.11 Å². The van der Waals surface area contributed by atoms with Crippen molar-refractivity contribution in [1.82, 2.24) is 0 Å². The maximum atomic E-state index is 5.61. The first-order valence-electron chi connectivity index (χ1n) is 6.18. The lowest BCUT2D eigenvalue weighted by atomic mass is 10.1. The van der Waals surface area contributed by atoms with Gasteiger partial charge >= 0.3 is 0 Å². The number of hydrogen-bond donors (Lipinski definition) is 0. The predicted octanol–water partition coefficient (Wildman–Crippen LogP) is 4.29. The summed E-state index contributed by atoms with van der Waals surface area (Å²) in [4.78, 5) is 0. The fourth-order valence-electron chi connectivity index (χ4n) is 1.46. The molecule has 0 aliphatic carbocycles. The highest BCUT2D eigenvalue weighted by molar-refractivity contribution is 5.60. The topological polar surface area (TPSA) is 18.5 Å². The molecule has 102 valence electrons. The van der Waals surface area contributed by atoms with Gasteiger partial charge in [-0.05, 0) is 43.7 Å². The SMILES string of the molecule is C#C.C=CC(C)Oc1ccc(C(=CCC)OC)cc1. The number of ether oxygens (including phenoxy) is 2. The zero-order valence-corrected chi connectivity index (χ0v) is 11.9. The monoisotopic (exact) mass is 258 g/mol. The molecule has 0 radical (unpaired) electrons. The van der Waals surface area contributed by atoms with Crippen LogP contribution in [0, 0.1) is 12.8 Å². The normalized spacial score (nSPS) is 11.7. The Bertz CT molecular complexity index is 413. The van der Waals surface area contributed by atoms with Crippen LogP contribution in [-0.4, -0.2) is 13.2 Å². The third-order valence-electron chi connectivity index (χ3n) is 2.40. The third kappa shape index (κ3) is 5.83. The summed E-state index contributed by atoms with van der Waals surface area (Å²) in [5.41, 5.74) is 1.06. The molecule has 0 saturated carbocycles. The van der Waals surface area contributed by atoms with Gasteiger partial charge in [0.25, 0.3) is 0 Å². The van der Waals surface area contributed by atoms with Crippen molar-refractivity contribution in [2.24, 2.45) is 0 Å². The van der Waals surface area contributed by atoms with E-state index in [-0.39, 0.29) is 6.10 Å². The summed E-state index contributed by atoms with van der Waals surface area (Å²) in [6, 6.07) is 7.88. The average molecular weight is 258 g/mol. The molecule has 0 aliphatic rings. The van der Waals surface area contributed by atoms with Crippen molar-refractivity contribution in [3.8, 4) is 18.6 Å². The lowest BCUT2D eigenvalue weighted by Gasteiger charge is -2.11. The molecule has 0 fully saturated rings. The molecule has 0 saturated heterocycles. The molecule has 0 heterocycles. The van der Waals surface area contributed by atoms with Gasteiger partial charge in [0, 0.05) is 5.56 Å². The lowest BCUT2D eigenvalue weighted by Crippen LogP contribution is -2.07. The van der Waals surface area contributed by atoms with E-state index in [0.29, 0.717) is 0 Å². The van der Waals surface area contributed by atoms with Gasteiger partial charge in [0.2, 0.25) is 0 Å². The molecular weight excluding hydrogens is 236 g/mol. The largest absolute Gasteiger partial charge is 0.496 e. The van der Waals surface area contributed by atoms with Crippen LogP contribution in [0.3, 0.4) is 0 Å². The van der Waals surface area contributed by atoms with Crippen molar-refractivity contribution < 1.29 is 9.47 Å². The quantitative estimate of drug-likeness (QED) is 0.430. The highest BCUT2D eigenvalue weighted by Crippen LogP contribution is 2.20. The first kappa shape index (κ1) is 16.9. The van der Waals surface area contributed by atoms with E-state index in [1.54, 1.807) is 13.2 Å². The van der Waals surface area contributed by atoms with Crippen LogP contribution in [-0.2, 0) is 4.74 Å². The van der Waals surface area contributed by atoms with Gasteiger partial charge < -0.3 is 9.47 Å². The van der Waals surface area contributed by atoms with Crippen molar-refractivity contribution in [1.29, 1.82) is 0 Å². The maximum absolute atomic E-state index is 5.61. The number of allylic oxidation sites excluding steroid dienone is 1. The summed E-state index contributed by atoms with van der Waals surface area (Å²) in [7, 11) is 1.69. The van der Waals surface area contributed by atoms with E-state index in [2.05, 4.69) is 32.4 Å². The maximum Gasteiger partial charge on any atom is 0.122 e. The van der Waals surface area contributed by atoms with Crippen molar-refractivity contribution >= 4 is 5.76 Å². The molecule has 1 aromatic carbocycles. The second-order valence-electron chi connectivity index (χ2n) is 3.76. The van der Waals surface area contributed by atoms with E-state index in [4.69, 9.17) is 9.47 Å². The molecule has 1 atom stereocenters. The smallest absolute Gasteiger partial charge is 0.122 e. The van der Waals surface area contributed by atoms with Gasteiger partial charge in [-0.3, -0.25) is 0 Å². The molecule has 1 unspecified atom stereocenters. The predicted molar refractivity (Wildman–Crippen MR) is 81.9 cm³/mol. The summed E-state index contributed by atoms with van der Waals surface area (Å²) >= 11 is 0. The Kier molecular flexibility index (Phi) is 8.74. The molecule has 1 aromatic rings. The molecule has 0 aliphatic heterocycles. The third-order valence-corrected chi connectivity index (χ3v) is 2.40. The molecule has 2 nitrogen and oxygen atoms in total. The lowest BCUT2D eigenvalue weighted by molar-refractivity contribution is 0.270. The van der Waals surface area contributed by atoms with E-state index in [1.165, 1.54) is 0 Å². The average Bonchev–Trinajstić information content (AvgIpc) is 2.47. The Morgan fingerprint density at radius 3 is 2.32 bits per heavy atom. The van der Waals surface area contributed by atoms with Crippen molar-refractivity contribution in [3.63, 3.8) is 0 Å². The summed E-state index contributed by atoms with van der Waals surface area (Å²) < 4.78 is 10.9. The van der Waals surface area contributed by atoms with Crippen LogP contribution >= 0.6 is 0 Å². The molecule has 1 rings (SSSR count). The number of methoxy groups -OCH3 is 1. The van der Waals surface area contributed by atoms with Crippen LogP contribution in [0.25, 0.3) is 5.76 Å². The molecule has 0 bridgehead atoms. The number of hydrogen-bond acceptors (Lipinski definition) is 2. The first-order valence-corrected chi connectivity index (χ1v) is 6.18. The minimum atomic E-state index is 0.0222. The Morgan fingerprint density at radius 2 is 1.89 bits per heavy atom. The zero-order valence-electron chi connectivity index (χ0n) is 11.9. The minimum Gasteiger partial charge on any atom is -0.496 e. The highest BCUT2D eigenvalue weighted by Gasteiger charge is 2.02. The number of rotatable bonds is 6. The van der Waals surface area contributed by atoms with Crippen LogP contribution in [0.15, 0.2) is 43.0 Å². The molecular formula is C17H22O2. The van der Waals surface area contributed by atoms with Gasteiger partial charge in [-0.15, -0.1) is 12.8 Å². The van der Waals surface area contributed by atoms with Gasteiger partial charge in [0.1, 0.15) is 17.6 Å². The van der Waals surface area contributed by atoms with Crippen molar-refractivity contribution in [3.05, 3.63) is 48.6 Å². The summed E-state index contributed by atoms with van der Waals surface area (Å²) in [5.74, 6) is 1.74. The summed E-state index contributed by atoms with van der Waals surface area (Å²) in [6.45, 7) is 7.73.